The van der Waals surface area contributed by atoms with Gasteiger partial charge in [-0.3, -0.25) is 0 Å². The fourth-order valence-corrected chi connectivity index (χ4v) is 3.06. The summed E-state index contributed by atoms with van der Waals surface area (Å²) < 4.78 is 26.7. The van der Waals surface area contributed by atoms with Crippen LogP contribution in [0.4, 0.5) is 4.39 Å². The largest absolute Gasteiger partial charge is 0.493 e. The lowest BCUT2D eigenvalue weighted by molar-refractivity contribution is 0.280. The highest BCUT2D eigenvalue weighted by Crippen LogP contribution is 2.32. The topological polar surface area (TPSA) is 48.3 Å². The zero-order valence-corrected chi connectivity index (χ0v) is 16.5. The molecular weight excluding hydrogens is 381 g/mol. The van der Waals surface area contributed by atoms with Gasteiger partial charge in [-0.05, 0) is 31.2 Å². The summed E-state index contributed by atoms with van der Waals surface area (Å²) in [5.74, 6) is 0.940. The van der Waals surface area contributed by atoms with Gasteiger partial charge in [0.1, 0.15) is 12.4 Å². The van der Waals surface area contributed by atoms with E-state index >= 15 is 0 Å². The van der Waals surface area contributed by atoms with E-state index in [1.54, 1.807) is 19.4 Å². The minimum Gasteiger partial charge on any atom is -0.493 e. The van der Waals surface area contributed by atoms with Crippen LogP contribution in [0.5, 0.6) is 11.5 Å². The Labute approximate surface area is 169 Å². The maximum atomic E-state index is 13.2. The highest BCUT2D eigenvalue weighted by molar-refractivity contribution is 6.31. The number of aromatic nitrogens is 2. The van der Waals surface area contributed by atoms with Crippen LogP contribution in [0.1, 0.15) is 17.5 Å². The number of para-hydroxylation sites is 1. The molecule has 0 bridgehead atoms. The van der Waals surface area contributed by atoms with Gasteiger partial charge in [-0.15, -0.1) is 0 Å². The van der Waals surface area contributed by atoms with E-state index in [1.807, 2.05) is 35.3 Å². The van der Waals surface area contributed by atoms with Gasteiger partial charge in [0.2, 0.25) is 0 Å². The lowest BCUT2D eigenvalue weighted by Crippen LogP contribution is -2.17. The van der Waals surface area contributed by atoms with Crippen molar-refractivity contribution in [2.45, 2.75) is 26.1 Å². The number of hydrogen-bond acceptors (Lipinski definition) is 4. The number of hydrogen-bond donors (Lipinski definition) is 1. The first kappa shape index (κ1) is 20.2. The zero-order valence-electron chi connectivity index (χ0n) is 15.7. The molecule has 0 aliphatic heterocycles. The van der Waals surface area contributed by atoms with Gasteiger partial charge in [-0.25, -0.2) is 9.37 Å². The van der Waals surface area contributed by atoms with Crippen LogP contribution in [0, 0.1) is 5.82 Å². The predicted molar refractivity (Wildman–Crippen MR) is 107 cm³/mol. The van der Waals surface area contributed by atoms with Crippen molar-refractivity contribution < 1.29 is 13.9 Å². The molecule has 0 atom stereocenters. The Bertz CT molecular complexity index is 887. The van der Waals surface area contributed by atoms with E-state index in [2.05, 4.69) is 10.3 Å². The first-order chi connectivity index (χ1) is 13.7. The molecule has 0 aliphatic rings. The molecule has 3 aromatic rings. The summed E-state index contributed by atoms with van der Waals surface area (Å²) in [7, 11) is 1.61. The third-order valence-corrected chi connectivity index (χ3v) is 4.66. The molecule has 0 spiro atoms. The molecular formula is C21H23ClFN3O2. The van der Waals surface area contributed by atoms with Crippen LogP contribution in [-0.2, 0) is 19.7 Å². The fourth-order valence-electron chi connectivity index (χ4n) is 2.84. The molecule has 0 saturated carbocycles. The molecule has 5 nitrogen and oxygen atoms in total. The summed E-state index contributed by atoms with van der Waals surface area (Å²) in [6.07, 6.45) is 6.53. The van der Waals surface area contributed by atoms with E-state index in [9.17, 15) is 4.39 Å². The Balaban J connectivity index is 1.59. The minimum absolute atomic E-state index is 0.229. The molecule has 148 valence electrons. The van der Waals surface area contributed by atoms with Crippen molar-refractivity contribution in [3.8, 4) is 11.5 Å². The van der Waals surface area contributed by atoms with Crippen molar-refractivity contribution in [1.82, 2.24) is 14.9 Å². The lowest BCUT2D eigenvalue weighted by atomic mass is 10.1. The average molecular weight is 404 g/mol. The van der Waals surface area contributed by atoms with Crippen LogP contribution in [-0.4, -0.2) is 23.2 Å². The Kier molecular flexibility index (Phi) is 7.28. The second kappa shape index (κ2) is 10.1. The zero-order chi connectivity index (χ0) is 19.8. The SMILES string of the molecule is COc1cccc(CNCCCn2ccnc2)c1OCc1ccc(F)cc1Cl. The molecule has 1 N–H and O–H groups in total. The molecule has 1 heterocycles. The molecule has 28 heavy (non-hydrogen) atoms. The van der Waals surface area contributed by atoms with Crippen molar-refractivity contribution in [3.63, 3.8) is 0 Å². The number of imidazole rings is 1. The number of halogens is 2. The molecule has 2 aromatic carbocycles. The van der Waals surface area contributed by atoms with E-state index in [-0.39, 0.29) is 12.4 Å². The van der Waals surface area contributed by atoms with Gasteiger partial charge in [-0.1, -0.05) is 29.8 Å². The normalized spacial score (nSPS) is 10.8. The van der Waals surface area contributed by atoms with Gasteiger partial charge < -0.3 is 19.4 Å². The molecule has 0 amide bonds. The molecule has 0 aliphatic carbocycles. The van der Waals surface area contributed by atoms with E-state index in [1.165, 1.54) is 12.1 Å². The number of benzene rings is 2. The summed E-state index contributed by atoms with van der Waals surface area (Å²) in [5, 5.41) is 3.77. The van der Waals surface area contributed by atoms with Crippen LogP contribution >= 0.6 is 11.6 Å². The first-order valence-electron chi connectivity index (χ1n) is 9.06. The van der Waals surface area contributed by atoms with Crippen LogP contribution in [0.15, 0.2) is 55.1 Å². The quantitative estimate of drug-likeness (QED) is 0.508. The Hall–Kier alpha value is -2.57. The smallest absolute Gasteiger partial charge is 0.166 e. The van der Waals surface area contributed by atoms with Gasteiger partial charge in [0.15, 0.2) is 11.5 Å². The summed E-state index contributed by atoms with van der Waals surface area (Å²) in [6.45, 7) is 2.65. The standard InChI is InChI=1S/C21H23ClFN3O2/c1-27-20-5-2-4-16(13-24-8-3-10-26-11-9-25-15-26)21(20)28-14-17-6-7-18(23)12-19(17)22/h2,4-7,9,11-12,15,24H,3,8,10,13-14H2,1H3. The Morgan fingerprint density at radius 1 is 1.21 bits per heavy atom. The summed E-state index contributed by atoms with van der Waals surface area (Å²) in [5.41, 5.74) is 1.70. The second-order valence-electron chi connectivity index (χ2n) is 6.30. The number of methoxy groups -OCH3 is 1. The van der Waals surface area contributed by atoms with Crippen LogP contribution < -0.4 is 14.8 Å². The van der Waals surface area contributed by atoms with E-state index in [4.69, 9.17) is 21.1 Å². The molecule has 3 rings (SSSR count). The van der Waals surface area contributed by atoms with Crippen molar-refractivity contribution in [3.05, 3.63) is 77.1 Å². The second-order valence-corrected chi connectivity index (χ2v) is 6.71. The summed E-state index contributed by atoms with van der Waals surface area (Å²) >= 11 is 6.10. The Morgan fingerprint density at radius 2 is 2.11 bits per heavy atom. The molecule has 1 aromatic heterocycles. The number of nitrogens with zero attached hydrogens (tertiary/aromatic N) is 2. The number of nitrogens with one attached hydrogen (secondary N) is 1. The highest BCUT2D eigenvalue weighted by Gasteiger charge is 2.12. The van der Waals surface area contributed by atoms with Gasteiger partial charge in [-0.2, -0.15) is 0 Å². The third kappa shape index (κ3) is 5.47. The van der Waals surface area contributed by atoms with Crippen LogP contribution in [0.2, 0.25) is 5.02 Å². The van der Waals surface area contributed by atoms with Gasteiger partial charge in [0.05, 0.1) is 18.5 Å². The molecule has 0 saturated heterocycles. The van der Waals surface area contributed by atoms with Crippen LogP contribution in [0.3, 0.4) is 0 Å². The van der Waals surface area contributed by atoms with Gasteiger partial charge in [0, 0.05) is 36.6 Å². The average Bonchev–Trinajstić information content (AvgIpc) is 3.21. The van der Waals surface area contributed by atoms with Crippen molar-refractivity contribution in [2.24, 2.45) is 0 Å². The number of aryl methyl sites for hydroxylation is 1. The van der Waals surface area contributed by atoms with Gasteiger partial charge >= 0.3 is 0 Å². The lowest BCUT2D eigenvalue weighted by Gasteiger charge is -2.16. The van der Waals surface area contributed by atoms with Crippen molar-refractivity contribution in [2.75, 3.05) is 13.7 Å². The van der Waals surface area contributed by atoms with Crippen molar-refractivity contribution >= 4 is 11.6 Å². The van der Waals surface area contributed by atoms with E-state index in [0.29, 0.717) is 28.6 Å². The predicted octanol–water partition coefficient (Wildman–Crippen LogP) is 4.44. The minimum atomic E-state index is -0.369. The van der Waals surface area contributed by atoms with Gasteiger partial charge in [0.25, 0.3) is 0 Å². The summed E-state index contributed by atoms with van der Waals surface area (Å²) in [4.78, 5) is 4.04. The molecule has 0 fully saturated rings. The molecule has 0 unspecified atom stereocenters. The van der Waals surface area contributed by atoms with E-state index < -0.39 is 0 Å². The van der Waals surface area contributed by atoms with E-state index in [0.717, 1.165) is 25.1 Å². The highest BCUT2D eigenvalue weighted by atomic mass is 35.5. The monoisotopic (exact) mass is 403 g/mol. The summed E-state index contributed by atoms with van der Waals surface area (Å²) in [6, 6.07) is 10.1. The number of ether oxygens (including phenoxy) is 2. The first-order valence-corrected chi connectivity index (χ1v) is 9.44. The maximum Gasteiger partial charge on any atom is 0.166 e. The fraction of sp³-hybridized carbons (Fsp3) is 0.286. The third-order valence-electron chi connectivity index (χ3n) is 4.31. The van der Waals surface area contributed by atoms with Crippen molar-refractivity contribution in [1.29, 1.82) is 0 Å². The Morgan fingerprint density at radius 3 is 2.86 bits per heavy atom. The molecule has 7 heteroatoms. The number of rotatable bonds is 10. The molecule has 0 radical (unpaired) electrons. The van der Waals surface area contributed by atoms with Crippen LogP contribution in [0.25, 0.3) is 0 Å². The maximum absolute atomic E-state index is 13.2.